The maximum atomic E-state index is 12.0. The molecular weight excluding hydrogens is 254 g/mol. The van der Waals surface area contributed by atoms with Crippen LogP contribution in [-0.2, 0) is 14.8 Å². The number of likely N-dealkylation sites (tertiary alicyclic amines) is 1. The predicted molar refractivity (Wildman–Crippen MR) is 70.7 cm³/mol. The second-order valence-corrected chi connectivity index (χ2v) is 7.39. The molecule has 0 aromatic carbocycles. The van der Waals surface area contributed by atoms with Crippen LogP contribution in [0.2, 0.25) is 0 Å². The van der Waals surface area contributed by atoms with Crippen LogP contribution < -0.4 is 5.32 Å². The number of hydrogen-bond acceptors (Lipinski definition) is 4. The van der Waals surface area contributed by atoms with Crippen molar-refractivity contribution in [3.05, 3.63) is 0 Å². The molecule has 0 saturated carbocycles. The number of carbonyl (C=O) groups is 1. The molecule has 1 heterocycles. The topological polar surface area (TPSA) is 69.7 Å². The molecule has 1 aliphatic rings. The largest absolute Gasteiger partial charge is 0.340 e. The first kappa shape index (κ1) is 15.4. The van der Waals surface area contributed by atoms with E-state index in [2.05, 4.69) is 5.32 Å². The molecule has 1 amide bonds. The third-order valence-corrected chi connectivity index (χ3v) is 4.82. The maximum absolute atomic E-state index is 12.0. The fraction of sp³-hybridized carbons (Fsp3) is 0.909. The van der Waals surface area contributed by atoms with Crippen molar-refractivity contribution < 1.29 is 13.2 Å². The fourth-order valence-corrected chi connectivity index (χ4v) is 2.74. The lowest BCUT2D eigenvalue weighted by Gasteiger charge is -2.19. The number of amides is 1. The van der Waals surface area contributed by atoms with E-state index in [1.807, 2.05) is 13.8 Å². The SMILES string of the molecule is CC(C)NC1CCN(CCS(=O)(=O)N(C)C)C1=O. The fourth-order valence-electron chi connectivity index (χ4n) is 1.93. The number of sulfonamides is 1. The van der Waals surface area contributed by atoms with Gasteiger partial charge in [-0.25, -0.2) is 12.7 Å². The predicted octanol–water partition coefficient (Wildman–Crippen LogP) is -0.523. The van der Waals surface area contributed by atoms with E-state index in [1.54, 1.807) is 4.90 Å². The Bertz CT molecular complexity index is 392. The van der Waals surface area contributed by atoms with Crippen LogP contribution in [-0.4, -0.2) is 68.6 Å². The van der Waals surface area contributed by atoms with Crippen LogP contribution in [0.25, 0.3) is 0 Å². The lowest BCUT2D eigenvalue weighted by atomic mass is 10.2. The van der Waals surface area contributed by atoms with Gasteiger partial charge in [-0.3, -0.25) is 4.79 Å². The Morgan fingerprint density at radius 3 is 2.56 bits per heavy atom. The van der Waals surface area contributed by atoms with Crippen molar-refractivity contribution in [3.63, 3.8) is 0 Å². The second kappa shape index (κ2) is 5.99. The summed E-state index contributed by atoms with van der Waals surface area (Å²) in [6.45, 7) is 4.89. The van der Waals surface area contributed by atoms with Crippen molar-refractivity contribution in [3.8, 4) is 0 Å². The Hall–Kier alpha value is -0.660. The van der Waals surface area contributed by atoms with Crippen LogP contribution >= 0.6 is 0 Å². The summed E-state index contributed by atoms with van der Waals surface area (Å²) in [5.74, 6) is -0.00203. The lowest BCUT2D eigenvalue weighted by molar-refractivity contribution is -0.129. The van der Waals surface area contributed by atoms with Gasteiger partial charge in [-0.1, -0.05) is 13.8 Å². The van der Waals surface area contributed by atoms with E-state index in [-0.39, 0.29) is 30.3 Å². The summed E-state index contributed by atoms with van der Waals surface area (Å²) in [4.78, 5) is 13.6. The van der Waals surface area contributed by atoms with Crippen molar-refractivity contribution in [2.24, 2.45) is 0 Å². The van der Waals surface area contributed by atoms with Crippen molar-refractivity contribution >= 4 is 15.9 Å². The van der Waals surface area contributed by atoms with E-state index in [0.717, 1.165) is 6.42 Å². The van der Waals surface area contributed by atoms with Crippen molar-refractivity contribution in [1.29, 1.82) is 0 Å². The molecule has 1 rings (SSSR count). The number of rotatable bonds is 6. The molecule has 0 aromatic rings. The number of nitrogens with zero attached hydrogens (tertiary/aromatic N) is 2. The van der Waals surface area contributed by atoms with Gasteiger partial charge in [0.05, 0.1) is 11.8 Å². The third-order valence-electron chi connectivity index (χ3n) is 3.01. The Labute approximate surface area is 109 Å². The van der Waals surface area contributed by atoms with Gasteiger partial charge >= 0.3 is 0 Å². The summed E-state index contributed by atoms with van der Waals surface area (Å²) in [7, 11) is -0.222. The van der Waals surface area contributed by atoms with Crippen molar-refractivity contribution in [2.75, 3.05) is 32.9 Å². The summed E-state index contributed by atoms with van der Waals surface area (Å²) >= 11 is 0. The van der Waals surface area contributed by atoms with Gasteiger partial charge in [-0.15, -0.1) is 0 Å². The zero-order valence-corrected chi connectivity index (χ0v) is 12.3. The molecule has 1 saturated heterocycles. The summed E-state index contributed by atoms with van der Waals surface area (Å²) in [5.41, 5.74) is 0. The molecule has 1 fully saturated rings. The van der Waals surface area contributed by atoms with E-state index in [9.17, 15) is 13.2 Å². The summed E-state index contributed by atoms with van der Waals surface area (Å²) in [6, 6.07) is 0.0940. The highest BCUT2D eigenvalue weighted by molar-refractivity contribution is 7.89. The summed E-state index contributed by atoms with van der Waals surface area (Å²) in [5, 5.41) is 3.19. The molecule has 0 spiro atoms. The highest BCUT2D eigenvalue weighted by Crippen LogP contribution is 2.12. The van der Waals surface area contributed by atoms with Gasteiger partial charge < -0.3 is 10.2 Å². The minimum Gasteiger partial charge on any atom is -0.340 e. The van der Waals surface area contributed by atoms with E-state index >= 15 is 0 Å². The third kappa shape index (κ3) is 3.93. The molecule has 0 bridgehead atoms. The van der Waals surface area contributed by atoms with Crippen molar-refractivity contribution in [2.45, 2.75) is 32.4 Å². The normalized spacial score (nSPS) is 21.3. The van der Waals surface area contributed by atoms with Gasteiger partial charge in [-0.2, -0.15) is 0 Å². The molecule has 106 valence electrons. The zero-order chi connectivity index (χ0) is 13.9. The van der Waals surface area contributed by atoms with E-state index in [4.69, 9.17) is 0 Å². The molecule has 18 heavy (non-hydrogen) atoms. The summed E-state index contributed by atoms with van der Waals surface area (Å²) < 4.78 is 24.4. The van der Waals surface area contributed by atoms with Crippen LogP contribution in [0.15, 0.2) is 0 Å². The standard InChI is InChI=1S/C11H23N3O3S/c1-9(2)12-10-5-6-14(11(10)15)7-8-18(16,17)13(3)4/h9-10,12H,5-8H2,1-4H3. The summed E-state index contributed by atoms with van der Waals surface area (Å²) in [6.07, 6.45) is 0.749. The average molecular weight is 277 g/mol. The van der Waals surface area contributed by atoms with Crippen LogP contribution in [0.1, 0.15) is 20.3 Å². The van der Waals surface area contributed by atoms with E-state index in [0.29, 0.717) is 6.54 Å². The van der Waals surface area contributed by atoms with Crippen LogP contribution in [0.5, 0.6) is 0 Å². The maximum Gasteiger partial charge on any atom is 0.239 e. The van der Waals surface area contributed by atoms with Gasteiger partial charge in [-0.05, 0) is 6.42 Å². The zero-order valence-electron chi connectivity index (χ0n) is 11.5. The number of hydrogen-bond donors (Lipinski definition) is 1. The molecule has 0 aliphatic carbocycles. The Morgan fingerprint density at radius 1 is 1.44 bits per heavy atom. The second-order valence-electron chi connectivity index (χ2n) is 5.09. The van der Waals surface area contributed by atoms with Crippen LogP contribution in [0.4, 0.5) is 0 Å². The molecule has 1 unspecified atom stereocenters. The Morgan fingerprint density at radius 2 is 2.06 bits per heavy atom. The van der Waals surface area contributed by atoms with Crippen molar-refractivity contribution in [1.82, 2.24) is 14.5 Å². The first-order valence-electron chi connectivity index (χ1n) is 6.19. The monoisotopic (exact) mass is 277 g/mol. The minimum atomic E-state index is -3.23. The smallest absolute Gasteiger partial charge is 0.239 e. The molecule has 7 heteroatoms. The molecular formula is C11H23N3O3S. The number of nitrogens with one attached hydrogen (secondary N) is 1. The molecule has 0 radical (unpaired) electrons. The molecule has 6 nitrogen and oxygen atoms in total. The average Bonchev–Trinajstić information content (AvgIpc) is 2.57. The van der Waals surface area contributed by atoms with Gasteiger partial charge in [0.1, 0.15) is 0 Å². The van der Waals surface area contributed by atoms with Crippen LogP contribution in [0.3, 0.4) is 0 Å². The Balaban J connectivity index is 2.49. The minimum absolute atomic E-state index is 0.0117. The van der Waals surface area contributed by atoms with E-state index in [1.165, 1.54) is 18.4 Å². The van der Waals surface area contributed by atoms with Gasteiger partial charge in [0.15, 0.2) is 0 Å². The molecule has 0 aromatic heterocycles. The molecule has 1 aliphatic heterocycles. The quantitative estimate of drug-likeness (QED) is 0.709. The van der Waals surface area contributed by atoms with Gasteiger partial charge in [0.2, 0.25) is 15.9 Å². The first-order chi connectivity index (χ1) is 8.24. The number of carbonyl (C=O) groups excluding carboxylic acids is 1. The van der Waals surface area contributed by atoms with E-state index < -0.39 is 10.0 Å². The lowest BCUT2D eigenvalue weighted by Crippen LogP contribution is -2.43. The molecule has 1 atom stereocenters. The highest BCUT2D eigenvalue weighted by atomic mass is 32.2. The first-order valence-corrected chi connectivity index (χ1v) is 7.80. The van der Waals surface area contributed by atoms with Gasteiger partial charge in [0, 0.05) is 33.2 Å². The van der Waals surface area contributed by atoms with Gasteiger partial charge in [0.25, 0.3) is 0 Å². The Kier molecular flexibility index (Phi) is 5.12. The molecule has 1 N–H and O–H groups in total. The highest BCUT2D eigenvalue weighted by Gasteiger charge is 2.32. The van der Waals surface area contributed by atoms with Crippen LogP contribution in [0, 0.1) is 0 Å².